The Balaban J connectivity index is 2.11. The number of nitrogens with one attached hydrogen (secondary N) is 2. The smallest absolute Gasteiger partial charge is 0.269 e. The summed E-state index contributed by atoms with van der Waals surface area (Å²) in [6.07, 6.45) is 3.51. The molecule has 1 atom stereocenters. The van der Waals surface area contributed by atoms with Crippen molar-refractivity contribution < 1.29 is 4.79 Å². The van der Waals surface area contributed by atoms with Crippen LogP contribution in [0, 0.1) is 0 Å². The molecule has 0 saturated carbocycles. The Kier molecular flexibility index (Phi) is 2.49. The number of carbonyl (C=O) groups is 1. The molecule has 1 fully saturated rings. The lowest BCUT2D eigenvalue weighted by molar-refractivity contribution is 0.0995. The lowest BCUT2D eigenvalue weighted by Gasteiger charge is -2.21. The van der Waals surface area contributed by atoms with Gasteiger partial charge in [-0.1, -0.05) is 6.42 Å². The third-order valence-electron chi connectivity index (χ3n) is 2.54. The number of aromatic nitrogens is 2. The number of rotatable bonds is 2. The Morgan fingerprint density at radius 1 is 1.57 bits per heavy atom. The van der Waals surface area contributed by atoms with E-state index in [1.54, 1.807) is 6.07 Å². The maximum Gasteiger partial charge on any atom is 0.269 e. The van der Waals surface area contributed by atoms with Crippen LogP contribution >= 0.6 is 0 Å². The van der Waals surface area contributed by atoms with Crippen molar-refractivity contribution in [2.24, 2.45) is 5.73 Å². The zero-order valence-electron chi connectivity index (χ0n) is 7.92. The number of amides is 1. The first kappa shape index (κ1) is 9.21. The molecule has 0 bridgehead atoms. The summed E-state index contributed by atoms with van der Waals surface area (Å²) in [5, 5.41) is 10.1. The standard InChI is InChI=1S/C9H14N4O/c10-9(14)8-5-7(12-13-8)6-3-1-2-4-11-6/h5-6,11H,1-4H2,(H2,10,14)(H,12,13)/t6-/m1/s1. The number of H-pyrrole nitrogens is 1. The largest absolute Gasteiger partial charge is 0.364 e. The van der Waals surface area contributed by atoms with E-state index in [0.29, 0.717) is 11.7 Å². The Morgan fingerprint density at radius 3 is 3.00 bits per heavy atom. The molecule has 5 heteroatoms. The Bertz CT molecular complexity index is 327. The highest BCUT2D eigenvalue weighted by atomic mass is 16.1. The number of hydrogen-bond donors (Lipinski definition) is 3. The van der Waals surface area contributed by atoms with Crippen molar-refractivity contribution in [2.75, 3.05) is 6.54 Å². The number of piperidine rings is 1. The van der Waals surface area contributed by atoms with Crippen molar-refractivity contribution in [1.82, 2.24) is 15.5 Å². The molecule has 0 aliphatic carbocycles. The molecular weight excluding hydrogens is 180 g/mol. The van der Waals surface area contributed by atoms with Crippen molar-refractivity contribution in [3.8, 4) is 0 Å². The summed E-state index contributed by atoms with van der Waals surface area (Å²) in [7, 11) is 0. The van der Waals surface area contributed by atoms with Gasteiger partial charge in [0.05, 0.1) is 5.69 Å². The Hall–Kier alpha value is -1.36. The molecule has 2 heterocycles. The summed E-state index contributed by atoms with van der Waals surface area (Å²) >= 11 is 0. The molecule has 0 unspecified atom stereocenters. The van der Waals surface area contributed by atoms with E-state index < -0.39 is 5.91 Å². The van der Waals surface area contributed by atoms with Gasteiger partial charge in [-0.3, -0.25) is 9.89 Å². The second-order valence-electron chi connectivity index (χ2n) is 3.58. The lowest BCUT2D eigenvalue weighted by Crippen LogP contribution is -2.27. The molecule has 5 nitrogen and oxygen atoms in total. The Morgan fingerprint density at radius 2 is 2.43 bits per heavy atom. The molecule has 1 aromatic heterocycles. The monoisotopic (exact) mass is 194 g/mol. The number of aromatic amines is 1. The third kappa shape index (κ3) is 1.77. The van der Waals surface area contributed by atoms with Gasteiger partial charge in [0, 0.05) is 6.04 Å². The first-order valence-corrected chi connectivity index (χ1v) is 4.86. The highest BCUT2D eigenvalue weighted by Crippen LogP contribution is 2.21. The summed E-state index contributed by atoms with van der Waals surface area (Å²) in [4.78, 5) is 10.8. The maximum absolute atomic E-state index is 10.8. The number of nitrogens with zero attached hydrogens (tertiary/aromatic N) is 1. The fourth-order valence-corrected chi connectivity index (χ4v) is 1.76. The van der Waals surface area contributed by atoms with Crippen LogP contribution in [-0.2, 0) is 0 Å². The van der Waals surface area contributed by atoms with E-state index in [9.17, 15) is 4.79 Å². The molecule has 2 rings (SSSR count). The molecular formula is C9H14N4O. The van der Waals surface area contributed by atoms with Crippen molar-refractivity contribution in [1.29, 1.82) is 0 Å². The molecule has 14 heavy (non-hydrogen) atoms. The normalized spacial score (nSPS) is 22.1. The van der Waals surface area contributed by atoms with Gasteiger partial charge in [0.25, 0.3) is 5.91 Å². The van der Waals surface area contributed by atoms with Crippen LogP contribution in [0.15, 0.2) is 6.07 Å². The number of hydrogen-bond acceptors (Lipinski definition) is 3. The fourth-order valence-electron chi connectivity index (χ4n) is 1.76. The average Bonchev–Trinajstić information content (AvgIpc) is 2.68. The second kappa shape index (κ2) is 3.79. The van der Waals surface area contributed by atoms with Gasteiger partial charge in [-0.15, -0.1) is 0 Å². The van der Waals surface area contributed by atoms with E-state index in [1.807, 2.05) is 0 Å². The van der Waals surface area contributed by atoms with Crippen LogP contribution in [-0.4, -0.2) is 22.6 Å². The van der Waals surface area contributed by atoms with Crippen LogP contribution < -0.4 is 11.1 Å². The van der Waals surface area contributed by atoms with Gasteiger partial charge < -0.3 is 11.1 Å². The van der Waals surface area contributed by atoms with E-state index >= 15 is 0 Å². The van der Waals surface area contributed by atoms with Crippen molar-refractivity contribution in [2.45, 2.75) is 25.3 Å². The average molecular weight is 194 g/mol. The van der Waals surface area contributed by atoms with Gasteiger partial charge in [0.2, 0.25) is 0 Å². The zero-order valence-corrected chi connectivity index (χ0v) is 7.92. The van der Waals surface area contributed by atoms with Gasteiger partial charge in [-0.05, 0) is 25.5 Å². The predicted molar refractivity (Wildman–Crippen MR) is 51.7 cm³/mol. The van der Waals surface area contributed by atoms with Gasteiger partial charge >= 0.3 is 0 Å². The predicted octanol–water partition coefficient (Wildman–Crippen LogP) is 0.323. The number of nitrogens with two attached hydrogens (primary N) is 1. The van der Waals surface area contributed by atoms with Crippen LogP contribution in [0.2, 0.25) is 0 Å². The van der Waals surface area contributed by atoms with E-state index in [0.717, 1.165) is 18.7 Å². The molecule has 1 saturated heterocycles. The van der Waals surface area contributed by atoms with Crippen molar-refractivity contribution in [3.05, 3.63) is 17.5 Å². The maximum atomic E-state index is 10.8. The zero-order chi connectivity index (χ0) is 9.97. The third-order valence-corrected chi connectivity index (χ3v) is 2.54. The van der Waals surface area contributed by atoms with E-state index in [4.69, 9.17) is 5.73 Å². The van der Waals surface area contributed by atoms with Crippen LogP contribution in [0.5, 0.6) is 0 Å². The second-order valence-corrected chi connectivity index (χ2v) is 3.58. The summed E-state index contributed by atoms with van der Waals surface area (Å²) in [5.74, 6) is -0.483. The topological polar surface area (TPSA) is 83.8 Å². The summed E-state index contributed by atoms with van der Waals surface area (Å²) in [6, 6.07) is 2.02. The fraction of sp³-hybridized carbons (Fsp3) is 0.556. The highest BCUT2D eigenvalue weighted by Gasteiger charge is 2.17. The first-order chi connectivity index (χ1) is 6.77. The number of primary amides is 1. The van der Waals surface area contributed by atoms with Gasteiger partial charge in [-0.25, -0.2) is 0 Å². The molecule has 1 aromatic rings. The summed E-state index contributed by atoms with van der Waals surface area (Å²) < 4.78 is 0. The minimum atomic E-state index is -0.483. The van der Waals surface area contributed by atoms with Crippen LogP contribution in [0.4, 0.5) is 0 Å². The van der Waals surface area contributed by atoms with E-state index in [2.05, 4.69) is 15.5 Å². The first-order valence-electron chi connectivity index (χ1n) is 4.86. The Labute approximate surface area is 82.1 Å². The van der Waals surface area contributed by atoms with Gasteiger partial charge in [0.1, 0.15) is 5.69 Å². The molecule has 4 N–H and O–H groups in total. The van der Waals surface area contributed by atoms with E-state index in [-0.39, 0.29) is 0 Å². The molecule has 1 aliphatic rings. The van der Waals surface area contributed by atoms with Crippen LogP contribution in [0.1, 0.15) is 41.5 Å². The molecule has 1 aliphatic heterocycles. The number of carbonyl (C=O) groups excluding carboxylic acids is 1. The van der Waals surface area contributed by atoms with Crippen molar-refractivity contribution >= 4 is 5.91 Å². The highest BCUT2D eigenvalue weighted by molar-refractivity contribution is 5.90. The summed E-state index contributed by atoms with van der Waals surface area (Å²) in [6.45, 7) is 1.02. The minimum Gasteiger partial charge on any atom is -0.364 e. The van der Waals surface area contributed by atoms with Crippen molar-refractivity contribution in [3.63, 3.8) is 0 Å². The summed E-state index contributed by atoms with van der Waals surface area (Å²) in [5.41, 5.74) is 6.38. The van der Waals surface area contributed by atoms with Gasteiger partial charge in [0.15, 0.2) is 0 Å². The lowest BCUT2D eigenvalue weighted by atomic mass is 10.0. The SMILES string of the molecule is NC(=O)c1cc([C@H]2CCCCN2)[nH]n1. The van der Waals surface area contributed by atoms with Crippen LogP contribution in [0.25, 0.3) is 0 Å². The van der Waals surface area contributed by atoms with Crippen LogP contribution in [0.3, 0.4) is 0 Å². The molecule has 0 aromatic carbocycles. The van der Waals surface area contributed by atoms with E-state index in [1.165, 1.54) is 12.8 Å². The molecule has 0 spiro atoms. The quantitative estimate of drug-likeness (QED) is 0.634. The van der Waals surface area contributed by atoms with Gasteiger partial charge in [-0.2, -0.15) is 5.10 Å². The molecule has 1 amide bonds. The molecule has 0 radical (unpaired) electrons. The molecule has 76 valence electrons. The minimum absolute atomic E-state index is 0.296.